The molecule has 3 nitrogen and oxygen atoms in total. The van der Waals surface area contributed by atoms with Crippen LogP contribution in [0.2, 0.25) is 5.04 Å². The number of carbonyl (C=O) groups is 1. The van der Waals surface area contributed by atoms with Crippen LogP contribution in [0.3, 0.4) is 0 Å². The second-order valence-corrected chi connectivity index (χ2v) is 13.0. The molecule has 0 aromatic heterocycles. The molecule has 0 amide bonds. The van der Waals surface area contributed by atoms with Crippen molar-refractivity contribution in [1.82, 2.24) is 0 Å². The highest BCUT2D eigenvalue weighted by Gasteiger charge is 2.52. The average Bonchev–Trinajstić information content (AvgIpc) is 2.77. The van der Waals surface area contributed by atoms with Gasteiger partial charge in [0.2, 0.25) is 0 Å². The first kappa shape index (κ1) is 20.9. The van der Waals surface area contributed by atoms with Gasteiger partial charge < -0.3 is 9.53 Å². The molecule has 4 heteroatoms. The standard InChI is InChI=1S/C27H26O3Si/c1-27(2,3)31(22-12-6-4-7-13-22,23-14-8-5-9-15-23)30-21-17-18-24-20(19-21)11-10-16-25(24)26(28)29/h4-19H,1-3H3,(H,28,29). The van der Waals surface area contributed by atoms with Crippen molar-refractivity contribution in [2.45, 2.75) is 25.8 Å². The van der Waals surface area contributed by atoms with Crippen molar-refractivity contribution in [3.8, 4) is 5.75 Å². The first-order chi connectivity index (χ1) is 14.8. The Kier molecular flexibility index (Phi) is 5.42. The SMILES string of the molecule is CC(C)(C)[Si](Oc1ccc2c(C(=O)O)cccc2c1)(c1ccccc1)c1ccccc1. The molecule has 0 saturated carbocycles. The van der Waals surface area contributed by atoms with Crippen molar-refractivity contribution in [3.63, 3.8) is 0 Å². The largest absolute Gasteiger partial charge is 0.534 e. The molecular weight excluding hydrogens is 400 g/mol. The zero-order valence-electron chi connectivity index (χ0n) is 18.0. The Hall–Kier alpha value is -3.37. The van der Waals surface area contributed by atoms with E-state index in [1.165, 1.54) is 10.4 Å². The number of carboxylic acids is 1. The van der Waals surface area contributed by atoms with Crippen molar-refractivity contribution in [2.75, 3.05) is 0 Å². The molecule has 31 heavy (non-hydrogen) atoms. The van der Waals surface area contributed by atoms with Gasteiger partial charge in [0, 0.05) is 0 Å². The predicted molar refractivity (Wildman–Crippen MR) is 129 cm³/mol. The smallest absolute Gasteiger partial charge is 0.336 e. The van der Waals surface area contributed by atoms with Gasteiger partial charge in [-0.2, -0.15) is 0 Å². The van der Waals surface area contributed by atoms with E-state index in [-0.39, 0.29) is 5.04 Å². The molecule has 4 rings (SSSR count). The van der Waals surface area contributed by atoms with E-state index in [4.69, 9.17) is 4.43 Å². The lowest BCUT2D eigenvalue weighted by Gasteiger charge is -2.43. The Morgan fingerprint density at radius 2 is 1.35 bits per heavy atom. The van der Waals surface area contributed by atoms with Crippen LogP contribution in [0.1, 0.15) is 31.1 Å². The van der Waals surface area contributed by atoms with Gasteiger partial charge in [-0.1, -0.05) is 93.6 Å². The van der Waals surface area contributed by atoms with Crippen molar-refractivity contribution < 1.29 is 14.3 Å². The lowest BCUT2D eigenvalue weighted by molar-refractivity contribution is 0.0699. The first-order valence-corrected chi connectivity index (χ1v) is 12.3. The zero-order chi connectivity index (χ0) is 22.1. The third kappa shape index (κ3) is 3.75. The summed E-state index contributed by atoms with van der Waals surface area (Å²) in [5.74, 6) is -0.171. The Balaban J connectivity index is 1.92. The Morgan fingerprint density at radius 1 is 0.774 bits per heavy atom. The highest BCUT2D eigenvalue weighted by atomic mass is 28.4. The molecule has 0 saturated heterocycles. The minimum Gasteiger partial charge on any atom is -0.534 e. The average molecular weight is 427 g/mol. The van der Waals surface area contributed by atoms with Crippen LogP contribution in [0.5, 0.6) is 5.75 Å². The molecule has 1 N–H and O–H groups in total. The summed E-state index contributed by atoms with van der Waals surface area (Å²) in [6.45, 7) is 6.72. The van der Waals surface area contributed by atoms with E-state index in [2.05, 4.69) is 69.3 Å². The topological polar surface area (TPSA) is 46.5 Å². The van der Waals surface area contributed by atoms with Crippen LogP contribution in [0.15, 0.2) is 97.1 Å². The summed E-state index contributed by atoms with van der Waals surface area (Å²) in [4.78, 5) is 11.6. The molecule has 0 spiro atoms. The van der Waals surface area contributed by atoms with Crippen LogP contribution in [-0.2, 0) is 0 Å². The maximum absolute atomic E-state index is 11.6. The normalized spacial score (nSPS) is 12.0. The van der Waals surface area contributed by atoms with Crippen molar-refractivity contribution in [2.24, 2.45) is 0 Å². The summed E-state index contributed by atoms with van der Waals surface area (Å²) < 4.78 is 7.04. The van der Waals surface area contributed by atoms with E-state index >= 15 is 0 Å². The molecule has 0 atom stereocenters. The Morgan fingerprint density at radius 3 is 1.87 bits per heavy atom. The molecule has 4 aromatic rings. The summed E-state index contributed by atoms with van der Waals surface area (Å²) in [7, 11) is -2.73. The molecule has 0 aliphatic carbocycles. The van der Waals surface area contributed by atoms with Gasteiger partial charge >= 0.3 is 14.3 Å². The lowest BCUT2D eigenvalue weighted by atomic mass is 10.0. The summed E-state index contributed by atoms with van der Waals surface area (Å²) in [6.07, 6.45) is 0. The van der Waals surface area contributed by atoms with Gasteiger partial charge in [-0.25, -0.2) is 4.79 Å². The van der Waals surface area contributed by atoms with Crippen LogP contribution in [0.4, 0.5) is 0 Å². The second kappa shape index (κ2) is 8.04. The fourth-order valence-electron chi connectivity index (χ4n) is 4.34. The fraction of sp³-hybridized carbons (Fsp3) is 0.148. The number of rotatable bonds is 5. The zero-order valence-corrected chi connectivity index (χ0v) is 19.0. The maximum atomic E-state index is 11.6. The van der Waals surface area contributed by atoms with E-state index in [1.807, 2.05) is 36.4 Å². The number of fused-ring (bicyclic) bond motifs is 1. The quantitative estimate of drug-likeness (QED) is 0.430. The molecule has 0 aliphatic rings. The van der Waals surface area contributed by atoms with Gasteiger partial charge in [-0.05, 0) is 50.4 Å². The lowest BCUT2D eigenvalue weighted by Crippen LogP contribution is -2.68. The molecule has 156 valence electrons. The van der Waals surface area contributed by atoms with Gasteiger partial charge in [0.15, 0.2) is 0 Å². The first-order valence-electron chi connectivity index (χ1n) is 10.4. The summed E-state index contributed by atoms with van der Waals surface area (Å²) in [5, 5.41) is 13.3. The minimum atomic E-state index is -2.73. The second-order valence-electron chi connectivity index (χ2n) is 8.76. The summed E-state index contributed by atoms with van der Waals surface area (Å²) >= 11 is 0. The van der Waals surface area contributed by atoms with Crippen LogP contribution >= 0.6 is 0 Å². The van der Waals surface area contributed by atoms with Gasteiger partial charge in [0.1, 0.15) is 5.75 Å². The van der Waals surface area contributed by atoms with Crippen molar-refractivity contribution >= 4 is 35.4 Å². The van der Waals surface area contributed by atoms with Gasteiger partial charge in [-0.3, -0.25) is 0 Å². The maximum Gasteiger partial charge on any atom is 0.336 e. The Bertz CT molecular complexity index is 1170. The van der Waals surface area contributed by atoms with Crippen LogP contribution in [-0.4, -0.2) is 19.4 Å². The van der Waals surface area contributed by atoms with Crippen LogP contribution in [0.25, 0.3) is 10.8 Å². The number of hydrogen-bond acceptors (Lipinski definition) is 2. The van der Waals surface area contributed by atoms with Gasteiger partial charge in [0.25, 0.3) is 0 Å². The molecule has 0 radical (unpaired) electrons. The highest BCUT2D eigenvalue weighted by Crippen LogP contribution is 2.38. The van der Waals surface area contributed by atoms with Crippen LogP contribution < -0.4 is 14.8 Å². The molecular formula is C27H26O3Si. The van der Waals surface area contributed by atoms with E-state index in [0.717, 1.165) is 11.1 Å². The number of aromatic carboxylic acids is 1. The molecule has 0 unspecified atom stereocenters. The third-order valence-electron chi connectivity index (χ3n) is 5.77. The molecule has 0 bridgehead atoms. The molecule has 4 aromatic carbocycles. The minimum absolute atomic E-state index is 0.145. The van der Waals surface area contributed by atoms with Crippen molar-refractivity contribution in [1.29, 1.82) is 0 Å². The van der Waals surface area contributed by atoms with Gasteiger partial charge in [0.05, 0.1) is 5.56 Å². The third-order valence-corrected chi connectivity index (χ3v) is 10.7. The Labute approximate surface area is 184 Å². The molecule has 0 fully saturated rings. The monoisotopic (exact) mass is 426 g/mol. The van der Waals surface area contributed by atoms with Gasteiger partial charge in [-0.15, -0.1) is 0 Å². The summed E-state index contributed by atoms with van der Waals surface area (Å²) in [5.41, 5.74) is 0.300. The predicted octanol–water partition coefficient (Wildman–Crippen LogP) is 5.48. The number of carboxylic acid groups (broad SMARTS) is 1. The van der Waals surface area contributed by atoms with Crippen LogP contribution in [0, 0.1) is 0 Å². The molecule has 0 heterocycles. The summed E-state index contributed by atoms with van der Waals surface area (Å²) in [6, 6.07) is 32.0. The number of hydrogen-bond donors (Lipinski definition) is 1. The van der Waals surface area contributed by atoms with E-state index < -0.39 is 14.3 Å². The number of benzene rings is 4. The fourth-order valence-corrected chi connectivity index (χ4v) is 8.75. The van der Waals surface area contributed by atoms with E-state index in [1.54, 1.807) is 12.1 Å². The van der Waals surface area contributed by atoms with E-state index in [0.29, 0.717) is 10.9 Å². The van der Waals surface area contributed by atoms with Crippen molar-refractivity contribution in [3.05, 3.63) is 103 Å². The molecule has 0 aliphatic heterocycles. The highest BCUT2D eigenvalue weighted by molar-refractivity contribution is 7.00. The van der Waals surface area contributed by atoms with E-state index in [9.17, 15) is 9.90 Å².